The van der Waals surface area contributed by atoms with Crippen LogP contribution in [0.1, 0.15) is 18.1 Å². The minimum absolute atomic E-state index is 0.170. The van der Waals surface area contributed by atoms with Crippen LogP contribution >= 0.6 is 0 Å². The molecule has 4 aromatic rings. The minimum Gasteiger partial charge on any atom is -0.497 e. The molecular formula is C27H25NO4. The molecule has 4 rings (SSSR count). The number of fused-ring (bicyclic) bond motifs is 1. The molecule has 0 fully saturated rings. The second kappa shape index (κ2) is 9.43. The van der Waals surface area contributed by atoms with E-state index >= 15 is 0 Å². The largest absolute Gasteiger partial charge is 0.497 e. The van der Waals surface area contributed by atoms with Crippen LogP contribution in [0.4, 0.5) is 0 Å². The lowest BCUT2D eigenvalue weighted by molar-refractivity contribution is -0.116. The van der Waals surface area contributed by atoms with Gasteiger partial charge in [0.25, 0.3) is 0 Å². The number of carbonyl (C=O) groups is 1. The molecule has 0 bridgehead atoms. The summed E-state index contributed by atoms with van der Waals surface area (Å²) in [5.74, 6) is 1.27. The van der Waals surface area contributed by atoms with Crippen LogP contribution in [-0.2, 0) is 11.3 Å². The molecule has 162 valence electrons. The van der Waals surface area contributed by atoms with E-state index in [-0.39, 0.29) is 5.91 Å². The molecule has 0 radical (unpaired) electrons. The van der Waals surface area contributed by atoms with Crippen LogP contribution in [-0.4, -0.2) is 20.1 Å². The van der Waals surface area contributed by atoms with Crippen LogP contribution in [0.5, 0.6) is 11.5 Å². The van der Waals surface area contributed by atoms with Crippen molar-refractivity contribution in [3.05, 3.63) is 90.2 Å². The van der Waals surface area contributed by atoms with E-state index in [1.165, 1.54) is 0 Å². The van der Waals surface area contributed by atoms with Gasteiger partial charge in [-0.15, -0.1) is 0 Å². The summed E-state index contributed by atoms with van der Waals surface area (Å²) < 4.78 is 16.5. The molecule has 0 saturated heterocycles. The van der Waals surface area contributed by atoms with Gasteiger partial charge in [-0.3, -0.25) is 4.79 Å². The summed E-state index contributed by atoms with van der Waals surface area (Å²) in [5, 5.41) is 3.90. The molecule has 3 aromatic carbocycles. The predicted molar refractivity (Wildman–Crippen MR) is 127 cm³/mol. The van der Waals surface area contributed by atoms with Crippen LogP contribution in [0, 0.1) is 0 Å². The Balaban J connectivity index is 1.59. The van der Waals surface area contributed by atoms with Crippen molar-refractivity contribution in [2.75, 3.05) is 14.2 Å². The Hall–Kier alpha value is -3.99. The zero-order chi connectivity index (χ0) is 22.5. The summed E-state index contributed by atoms with van der Waals surface area (Å²) in [6.07, 6.45) is 3.35. The number of allylic oxidation sites excluding steroid dienone is 1. The van der Waals surface area contributed by atoms with Gasteiger partial charge in [-0.25, -0.2) is 0 Å². The number of ether oxygens (including phenoxy) is 2. The molecule has 0 saturated carbocycles. The summed E-state index contributed by atoms with van der Waals surface area (Å²) >= 11 is 0. The topological polar surface area (TPSA) is 60.7 Å². The fourth-order valence-electron chi connectivity index (χ4n) is 3.63. The Morgan fingerprint density at radius 2 is 1.75 bits per heavy atom. The van der Waals surface area contributed by atoms with E-state index < -0.39 is 0 Å². The van der Waals surface area contributed by atoms with Gasteiger partial charge in [0.15, 0.2) is 0 Å². The lowest BCUT2D eigenvalue weighted by Crippen LogP contribution is -2.20. The highest BCUT2D eigenvalue weighted by atomic mass is 16.5. The quantitative estimate of drug-likeness (QED) is 0.377. The molecule has 5 heteroatoms. The maximum Gasteiger partial charge on any atom is 0.244 e. The third-order valence-corrected chi connectivity index (χ3v) is 5.38. The lowest BCUT2D eigenvalue weighted by Gasteiger charge is -2.10. The fourth-order valence-corrected chi connectivity index (χ4v) is 3.63. The van der Waals surface area contributed by atoms with Crippen LogP contribution in [0.15, 0.2) is 83.5 Å². The normalized spacial score (nSPS) is 11.4. The van der Waals surface area contributed by atoms with Crippen molar-refractivity contribution in [2.24, 2.45) is 0 Å². The highest BCUT2D eigenvalue weighted by molar-refractivity contribution is 6.00. The average molecular weight is 428 g/mol. The van der Waals surface area contributed by atoms with Crippen molar-refractivity contribution in [3.63, 3.8) is 0 Å². The van der Waals surface area contributed by atoms with Gasteiger partial charge in [0.1, 0.15) is 17.1 Å². The molecule has 0 aliphatic carbocycles. The number of hydrogen-bond donors (Lipinski definition) is 1. The minimum atomic E-state index is -0.170. The van der Waals surface area contributed by atoms with Gasteiger partial charge < -0.3 is 19.2 Å². The summed E-state index contributed by atoms with van der Waals surface area (Å²) in [6.45, 7) is 2.33. The Kier molecular flexibility index (Phi) is 6.26. The Morgan fingerprint density at radius 1 is 1.00 bits per heavy atom. The SMILES string of the molecule is COc1ccc(CNC(=O)/C=C(\C)c2cc3c(-c4ccccc4)coc3cc2OC)cc1. The summed E-state index contributed by atoms with van der Waals surface area (Å²) in [7, 11) is 3.24. The number of benzene rings is 3. The molecule has 5 nitrogen and oxygen atoms in total. The highest BCUT2D eigenvalue weighted by Gasteiger charge is 2.15. The van der Waals surface area contributed by atoms with E-state index in [9.17, 15) is 4.79 Å². The summed E-state index contributed by atoms with van der Waals surface area (Å²) in [4.78, 5) is 12.6. The van der Waals surface area contributed by atoms with E-state index in [0.717, 1.165) is 44.5 Å². The van der Waals surface area contributed by atoms with E-state index in [0.29, 0.717) is 12.3 Å². The molecule has 0 aliphatic rings. The average Bonchev–Trinajstić information content (AvgIpc) is 3.25. The fraction of sp³-hybridized carbons (Fsp3) is 0.148. The van der Waals surface area contributed by atoms with E-state index in [4.69, 9.17) is 13.9 Å². The molecule has 0 unspecified atom stereocenters. The Labute approximate surface area is 187 Å². The van der Waals surface area contributed by atoms with Crippen molar-refractivity contribution < 1.29 is 18.7 Å². The number of carbonyl (C=O) groups excluding carboxylic acids is 1. The van der Waals surface area contributed by atoms with Gasteiger partial charge in [0, 0.05) is 35.2 Å². The number of amides is 1. The number of nitrogens with one attached hydrogen (secondary N) is 1. The summed E-state index contributed by atoms with van der Waals surface area (Å²) in [6, 6.07) is 21.5. The van der Waals surface area contributed by atoms with E-state index in [1.807, 2.05) is 73.7 Å². The third kappa shape index (κ3) is 4.52. The summed E-state index contributed by atoms with van der Waals surface area (Å²) in [5.41, 5.74) is 5.45. The highest BCUT2D eigenvalue weighted by Crippen LogP contribution is 2.37. The first-order chi connectivity index (χ1) is 15.6. The smallest absolute Gasteiger partial charge is 0.244 e. The first-order valence-electron chi connectivity index (χ1n) is 10.3. The number of hydrogen-bond acceptors (Lipinski definition) is 4. The van der Waals surface area contributed by atoms with Crippen LogP contribution in [0.25, 0.3) is 27.7 Å². The van der Waals surface area contributed by atoms with Crippen LogP contribution < -0.4 is 14.8 Å². The third-order valence-electron chi connectivity index (χ3n) is 5.38. The molecule has 0 atom stereocenters. The molecule has 1 heterocycles. The first kappa shape index (κ1) is 21.2. The van der Waals surface area contributed by atoms with Crippen molar-refractivity contribution in [2.45, 2.75) is 13.5 Å². The van der Waals surface area contributed by atoms with E-state index in [2.05, 4.69) is 5.32 Å². The number of rotatable bonds is 7. The second-order valence-electron chi connectivity index (χ2n) is 7.46. The molecular weight excluding hydrogens is 402 g/mol. The number of methoxy groups -OCH3 is 2. The van der Waals surface area contributed by atoms with Gasteiger partial charge >= 0.3 is 0 Å². The van der Waals surface area contributed by atoms with Crippen LogP contribution in [0.3, 0.4) is 0 Å². The van der Waals surface area contributed by atoms with Crippen molar-refractivity contribution in [3.8, 4) is 22.6 Å². The molecule has 1 aromatic heterocycles. The zero-order valence-corrected chi connectivity index (χ0v) is 18.3. The van der Waals surface area contributed by atoms with Crippen molar-refractivity contribution >= 4 is 22.4 Å². The molecule has 1 amide bonds. The maximum atomic E-state index is 12.6. The molecule has 32 heavy (non-hydrogen) atoms. The van der Waals surface area contributed by atoms with Gasteiger partial charge in [-0.05, 0) is 41.8 Å². The van der Waals surface area contributed by atoms with Crippen molar-refractivity contribution in [1.82, 2.24) is 5.32 Å². The monoisotopic (exact) mass is 427 g/mol. The second-order valence-corrected chi connectivity index (χ2v) is 7.46. The van der Waals surface area contributed by atoms with E-state index in [1.54, 1.807) is 26.6 Å². The van der Waals surface area contributed by atoms with Gasteiger partial charge in [0.05, 0.1) is 20.5 Å². The zero-order valence-electron chi connectivity index (χ0n) is 18.3. The lowest BCUT2D eigenvalue weighted by atomic mass is 9.99. The van der Waals surface area contributed by atoms with Gasteiger partial charge in [-0.2, -0.15) is 0 Å². The molecule has 0 aliphatic heterocycles. The van der Waals surface area contributed by atoms with Gasteiger partial charge in [-0.1, -0.05) is 42.5 Å². The Morgan fingerprint density at radius 3 is 2.44 bits per heavy atom. The molecule has 1 N–H and O–H groups in total. The van der Waals surface area contributed by atoms with Gasteiger partial charge in [0.2, 0.25) is 5.91 Å². The van der Waals surface area contributed by atoms with Crippen LogP contribution in [0.2, 0.25) is 0 Å². The molecule has 0 spiro atoms. The maximum absolute atomic E-state index is 12.6. The predicted octanol–water partition coefficient (Wildman–Crippen LogP) is 5.84. The van der Waals surface area contributed by atoms with Crippen molar-refractivity contribution in [1.29, 1.82) is 0 Å². The standard InChI is InChI=1S/C27H25NO4/c1-18(13-27(29)28-16-19-9-11-21(30-2)12-10-19)22-14-23-24(20-7-5-4-6-8-20)17-32-26(23)15-25(22)31-3/h4-15,17H,16H2,1-3H3,(H,28,29)/b18-13+. The Bertz CT molecular complexity index is 1250. The first-order valence-corrected chi connectivity index (χ1v) is 10.3. The number of furan rings is 1.